The van der Waals surface area contributed by atoms with Gasteiger partial charge in [-0.15, -0.1) is 0 Å². The van der Waals surface area contributed by atoms with Gasteiger partial charge in [0.2, 0.25) is 0 Å². The van der Waals surface area contributed by atoms with Crippen LogP contribution < -0.4 is 5.73 Å². The van der Waals surface area contributed by atoms with Crippen LogP contribution in [0.15, 0.2) is 33.5 Å². The summed E-state index contributed by atoms with van der Waals surface area (Å²) in [6.07, 6.45) is 3.71. The van der Waals surface area contributed by atoms with Crippen LogP contribution in [0.2, 0.25) is 0 Å². The van der Waals surface area contributed by atoms with Crippen LogP contribution in [0.1, 0.15) is 13.8 Å². The van der Waals surface area contributed by atoms with E-state index in [1.54, 1.807) is 0 Å². The van der Waals surface area contributed by atoms with Crippen LogP contribution in [0, 0.1) is 10.8 Å². The molecule has 1 atom stereocenters. The van der Waals surface area contributed by atoms with Crippen LogP contribution in [0.25, 0.3) is 0 Å². The Bertz CT molecular complexity index is 428. The highest BCUT2D eigenvalue weighted by molar-refractivity contribution is 6.13. The first-order chi connectivity index (χ1) is 6.58. The zero-order valence-electron chi connectivity index (χ0n) is 8.06. The molecule has 1 heterocycles. The number of hydrogen-bond donors (Lipinski definition) is 1. The number of guanidine groups is 1. The van der Waals surface area contributed by atoms with Gasteiger partial charge < -0.3 is 5.73 Å². The Morgan fingerprint density at radius 2 is 2.29 bits per heavy atom. The summed E-state index contributed by atoms with van der Waals surface area (Å²) in [6.45, 7) is 4.02. The molecule has 14 heavy (non-hydrogen) atoms. The molecule has 0 bridgehead atoms. The van der Waals surface area contributed by atoms with Crippen molar-refractivity contribution in [2.24, 2.45) is 21.7 Å². The maximum Gasteiger partial charge on any atom is 0.317 e. The topological polar surface area (TPSA) is 70.8 Å². The number of nitrogens with zero attached hydrogens (tertiary/aromatic N) is 3. The van der Waals surface area contributed by atoms with Crippen molar-refractivity contribution in [2.45, 2.75) is 13.8 Å². The normalized spacial score (nSPS) is 25.9. The van der Waals surface area contributed by atoms with Gasteiger partial charge in [0.25, 0.3) is 5.96 Å². The number of nitroso groups, excluding NO2 is 1. The molecule has 5 nitrogen and oxygen atoms in total. The summed E-state index contributed by atoms with van der Waals surface area (Å²) >= 11 is 0. The minimum Gasteiger partial charge on any atom is -0.363 e. The van der Waals surface area contributed by atoms with Crippen molar-refractivity contribution >= 4 is 11.7 Å². The predicted octanol–water partition coefficient (Wildman–Crippen LogP) is 0.930. The van der Waals surface area contributed by atoms with Gasteiger partial charge in [-0.25, -0.2) is 4.99 Å². The standard InChI is InChI=1S/C9H11N4O/c1-5-3-7-8(4-6(5)2)13(14)12-9(10)11-7/h3-4,6H,1-2H3,(H2,10,12,14)/q+1. The number of allylic oxidation sites excluding steroid dienone is 3. The predicted molar refractivity (Wildman–Crippen MR) is 53.7 cm³/mol. The van der Waals surface area contributed by atoms with E-state index in [4.69, 9.17) is 5.73 Å². The van der Waals surface area contributed by atoms with Gasteiger partial charge >= 0.3 is 5.70 Å². The molecule has 1 unspecified atom stereocenters. The lowest BCUT2D eigenvalue weighted by molar-refractivity contribution is -0.497. The lowest BCUT2D eigenvalue weighted by Crippen LogP contribution is -2.26. The van der Waals surface area contributed by atoms with E-state index in [9.17, 15) is 4.91 Å². The Morgan fingerprint density at radius 1 is 1.57 bits per heavy atom. The second-order valence-corrected chi connectivity index (χ2v) is 3.46. The van der Waals surface area contributed by atoms with Crippen molar-refractivity contribution in [1.29, 1.82) is 0 Å². The Kier molecular flexibility index (Phi) is 1.80. The molecule has 0 aromatic heterocycles. The molecule has 2 rings (SSSR count). The molecule has 0 saturated carbocycles. The van der Waals surface area contributed by atoms with Crippen LogP contribution in [0.5, 0.6) is 0 Å². The molecule has 2 N–H and O–H groups in total. The fourth-order valence-electron chi connectivity index (χ4n) is 1.42. The highest BCUT2D eigenvalue weighted by Gasteiger charge is 2.32. The molecule has 0 spiro atoms. The minimum absolute atomic E-state index is 0.00533. The van der Waals surface area contributed by atoms with Gasteiger partial charge in [-0.3, -0.25) is 0 Å². The number of rotatable bonds is 0. The van der Waals surface area contributed by atoms with Crippen LogP contribution in [0.3, 0.4) is 0 Å². The molecule has 2 aliphatic rings. The Morgan fingerprint density at radius 3 is 3.00 bits per heavy atom. The second kappa shape index (κ2) is 2.87. The van der Waals surface area contributed by atoms with Crippen molar-refractivity contribution in [1.82, 2.24) is 0 Å². The first kappa shape index (κ1) is 8.80. The summed E-state index contributed by atoms with van der Waals surface area (Å²) < 4.78 is 0. The minimum atomic E-state index is 0.00533. The lowest BCUT2D eigenvalue weighted by Gasteiger charge is -2.13. The van der Waals surface area contributed by atoms with E-state index >= 15 is 0 Å². The highest BCUT2D eigenvalue weighted by atomic mass is 16.3. The fraction of sp³-hybridized carbons (Fsp3) is 0.333. The average Bonchev–Trinajstić information content (AvgIpc) is 2.08. The molecule has 0 fully saturated rings. The zero-order chi connectivity index (χ0) is 10.3. The number of fused-ring (bicyclic) bond motifs is 1. The zero-order valence-corrected chi connectivity index (χ0v) is 8.06. The summed E-state index contributed by atoms with van der Waals surface area (Å²) in [6, 6.07) is 0. The average molecular weight is 191 g/mol. The summed E-state index contributed by atoms with van der Waals surface area (Å²) in [5, 5.41) is 3.51. The third-order valence-corrected chi connectivity index (χ3v) is 2.39. The van der Waals surface area contributed by atoms with Gasteiger partial charge in [-0.1, -0.05) is 12.5 Å². The summed E-state index contributed by atoms with van der Waals surface area (Å²) in [7, 11) is 0. The number of hydrogen-bond acceptors (Lipinski definition) is 3. The van der Waals surface area contributed by atoms with Crippen molar-refractivity contribution in [3.05, 3.63) is 28.3 Å². The van der Waals surface area contributed by atoms with Crippen molar-refractivity contribution < 1.29 is 4.87 Å². The summed E-state index contributed by atoms with van der Waals surface area (Å²) in [5.74, 6) is 0.251. The van der Waals surface area contributed by atoms with E-state index in [0.29, 0.717) is 16.3 Å². The van der Waals surface area contributed by atoms with Gasteiger partial charge in [0.1, 0.15) is 5.71 Å². The first-order valence-corrected chi connectivity index (χ1v) is 4.38. The van der Waals surface area contributed by atoms with Gasteiger partial charge in [-0.2, -0.15) is 0 Å². The number of aliphatic imine (C=N–C) groups is 1. The van der Waals surface area contributed by atoms with Gasteiger partial charge in [0.05, 0.1) is 10.0 Å². The van der Waals surface area contributed by atoms with Crippen LogP contribution in [0.4, 0.5) is 0 Å². The molecule has 1 aliphatic carbocycles. The Labute approximate surface area is 81.3 Å². The fourth-order valence-corrected chi connectivity index (χ4v) is 1.42. The highest BCUT2D eigenvalue weighted by Crippen LogP contribution is 2.23. The Balaban J connectivity index is 2.51. The molecule has 0 saturated heterocycles. The molecular weight excluding hydrogens is 180 g/mol. The maximum absolute atomic E-state index is 11.4. The molecular formula is C9H11N4O+. The lowest BCUT2D eigenvalue weighted by atomic mass is 9.93. The first-order valence-electron chi connectivity index (χ1n) is 4.38. The summed E-state index contributed by atoms with van der Waals surface area (Å²) in [5.41, 5.74) is 7.62. The molecule has 0 amide bonds. The monoisotopic (exact) mass is 191 g/mol. The van der Waals surface area contributed by atoms with Crippen LogP contribution in [-0.4, -0.2) is 16.5 Å². The third kappa shape index (κ3) is 1.26. The van der Waals surface area contributed by atoms with Crippen molar-refractivity contribution in [2.75, 3.05) is 0 Å². The van der Waals surface area contributed by atoms with Crippen molar-refractivity contribution in [3.63, 3.8) is 0 Å². The summed E-state index contributed by atoms with van der Waals surface area (Å²) in [4.78, 5) is 15.9. The van der Waals surface area contributed by atoms with Gasteiger partial charge in [-0.05, 0) is 13.0 Å². The number of hydrazone groups is 1. The van der Waals surface area contributed by atoms with E-state index in [0.717, 1.165) is 5.57 Å². The van der Waals surface area contributed by atoms with E-state index in [-0.39, 0.29) is 11.9 Å². The maximum atomic E-state index is 11.4. The van der Waals surface area contributed by atoms with E-state index in [2.05, 4.69) is 10.1 Å². The smallest absolute Gasteiger partial charge is 0.317 e. The van der Waals surface area contributed by atoms with Gasteiger partial charge in [0, 0.05) is 12.0 Å². The van der Waals surface area contributed by atoms with Gasteiger partial charge in [0.15, 0.2) is 4.87 Å². The second-order valence-electron chi connectivity index (χ2n) is 3.46. The molecule has 0 aromatic carbocycles. The van der Waals surface area contributed by atoms with Crippen LogP contribution >= 0.6 is 0 Å². The molecule has 1 aliphatic heterocycles. The third-order valence-electron chi connectivity index (χ3n) is 2.39. The largest absolute Gasteiger partial charge is 0.363 e. The van der Waals surface area contributed by atoms with E-state index in [1.165, 1.54) is 0 Å². The Hall–Kier alpha value is -1.78. The molecule has 72 valence electrons. The SMILES string of the molecule is CC1=CC2=NC(N)=N[N+](=O)C2=CC1C. The quantitative estimate of drug-likeness (QED) is 0.578. The van der Waals surface area contributed by atoms with Crippen molar-refractivity contribution in [3.8, 4) is 0 Å². The van der Waals surface area contributed by atoms with E-state index in [1.807, 2.05) is 26.0 Å². The molecule has 0 aromatic rings. The van der Waals surface area contributed by atoms with Crippen LogP contribution in [-0.2, 0) is 0 Å². The van der Waals surface area contributed by atoms with E-state index < -0.39 is 0 Å². The molecule has 5 heteroatoms. The molecule has 0 radical (unpaired) electrons. The number of nitrogens with two attached hydrogens (primary N) is 1.